The molecule has 0 saturated carbocycles. The number of aryl methyl sites for hydroxylation is 1. The number of nitrogens with zero attached hydrogens (tertiary/aromatic N) is 3. The molecule has 5 nitrogen and oxygen atoms in total. The first-order valence-electron chi connectivity index (χ1n) is 7.24. The highest BCUT2D eigenvalue weighted by Gasteiger charge is 2.30. The Balaban J connectivity index is 1.87. The summed E-state index contributed by atoms with van der Waals surface area (Å²) in [7, 11) is 3.38. The largest absolute Gasteiger partial charge is 0.492 e. The second kappa shape index (κ2) is 6.94. The summed E-state index contributed by atoms with van der Waals surface area (Å²) in [6, 6.07) is 4.44. The SMILES string of the molecule is Cc1c(C(=O)N(C)CCOc2ccc(C(F)(F)F)cc2)cnn1C. The van der Waals surface area contributed by atoms with Crippen molar-refractivity contribution in [3.05, 3.63) is 47.3 Å². The summed E-state index contributed by atoms with van der Waals surface area (Å²) in [5.41, 5.74) is 0.541. The number of carbonyl (C=O) groups is 1. The lowest BCUT2D eigenvalue weighted by atomic mass is 10.2. The van der Waals surface area contributed by atoms with Gasteiger partial charge in [-0.15, -0.1) is 0 Å². The van der Waals surface area contributed by atoms with E-state index in [2.05, 4.69) is 5.10 Å². The highest BCUT2D eigenvalue weighted by atomic mass is 19.4. The van der Waals surface area contributed by atoms with Crippen molar-refractivity contribution in [1.82, 2.24) is 14.7 Å². The fourth-order valence-corrected chi connectivity index (χ4v) is 2.06. The van der Waals surface area contributed by atoms with Gasteiger partial charge in [-0.1, -0.05) is 0 Å². The van der Waals surface area contributed by atoms with Gasteiger partial charge >= 0.3 is 6.18 Å². The van der Waals surface area contributed by atoms with E-state index < -0.39 is 11.7 Å². The molecular formula is C16H18F3N3O2. The molecule has 1 aromatic heterocycles. The Morgan fingerprint density at radius 3 is 2.42 bits per heavy atom. The number of hydrogen-bond donors (Lipinski definition) is 0. The molecule has 0 aliphatic heterocycles. The number of benzene rings is 1. The number of alkyl halides is 3. The second-order valence-electron chi connectivity index (χ2n) is 5.36. The van der Waals surface area contributed by atoms with Gasteiger partial charge in [-0.3, -0.25) is 9.48 Å². The van der Waals surface area contributed by atoms with E-state index in [9.17, 15) is 18.0 Å². The van der Waals surface area contributed by atoms with Gasteiger partial charge in [0.2, 0.25) is 0 Å². The Morgan fingerprint density at radius 2 is 1.92 bits per heavy atom. The smallest absolute Gasteiger partial charge is 0.416 e. The van der Waals surface area contributed by atoms with Crippen LogP contribution in [0.5, 0.6) is 5.75 Å². The minimum absolute atomic E-state index is 0.174. The van der Waals surface area contributed by atoms with Crippen LogP contribution in [0.15, 0.2) is 30.5 Å². The molecule has 0 spiro atoms. The van der Waals surface area contributed by atoms with Gasteiger partial charge in [0.15, 0.2) is 0 Å². The van der Waals surface area contributed by atoms with Crippen LogP contribution in [0.25, 0.3) is 0 Å². The molecule has 24 heavy (non-hydrogen) atoms. The third-order valence-corrected chi connectivity index (χ3v) is 3.69. The van der Waals surface area contributed by atoms with Crippen LogP contribution in [-0.2, 0) is 13.2 Å². The minimum atomic E-state index is -4.37. The molecule has 8 heteroatoms. The van der Waals surface area contributed by atoms with Crippen LogP contribution in [-0.4, -0.2) is 40.8 Å². The zero-order valence-corrected chi connectivity index (χ0v) is 13.6. The van der Waals surface area contributed by atoms with Crippen LogP contribution in [0.2, 0.25) is 0 Å². The van der Waals surface area contributed by atoms with Crippen molar-refractivity contribution in [2.45, 2.75) is 13.1 Å². The zero-order chi connectivity index (χ0) is 17.9. The van der Waals surface area contributed by atoms with Crippen LogP contribution in [0, 0.1) is 6.92 Å². The molecular weight excluding hydrogens is 323 g/mol. The molecule has 0 radical (unpaired) electrons. The summed E-state index contributed by atoms with van der Waals surface area (Å²) in [5.74, 6) is 0.137. The number of amides is 1. The highest BCUT2D eigenvalue weighted by molar-refractivity contribution is 5.94. The van der Waals surface area contributed by atoms with Gasteiger partial charge in [0, 0.05) is 19.8 Å². The number of likely N-dealkylation sites (N-methyl/N-ethyl adjacent to an activating group) is 1. The van der Waals surface area contributed by atoms with E-state index in [1.54, 1.807) is 25.7 Å². The molecule has 0 atom stereocenters. The summed E-state index contributed by atoms with van der Waals surface area (Å²) >= 11 is 0. The zero-order valence-electron chi connectivity index (χ0n) is 13.6. The maximum atomic E-state index is 12.5. The lowest BCUT2D eigenvalue weighted by Crippen LogP contribution is -2.31. The molecule has 0 aliphatic carbocycles. The van der Waals surface area contributed by atoms with Crippen LogP contribution < -0.4 is 4.74 Å². The van der Waals surface area contributed by atoms with E-state index in [4.69, 9.17) is 4.74 Å². The summed E-state index contributed by atoms with van der Waals surface area (Å²) in [6.07, 6.45) is -2.86. The first-order valence-corrected chi connectivity index (χ1v) is 7.24. The van der Waals surface area contributed by atoms with Crippen LogP contribution >= 0.6 is 0 Å². The minimum Gasteiger partial charge on any atom is -0.492 e. The molecule has 1 aromatic carbocycles. The maximum Gasteiger partial charge on any atom is 0.416 e. The van der Waals surface area contributed by atoms with Crippen LogP contribution in [0.3, 0.4) is 0 Å². The molecule has 0 saturated heterocycles. The quantitative estimate of drug-likeness (QED) is 0.840. The number of ether oxygens (including phenoxy) is 1. The van der Waals surface area contributed by atoms with Crippen molar-refractivity contribution < 1.29 is 22.7 Å². The average Bonchev–Trinajstić information content (AvgIpc) is 2.86. The number of rotatable bonds is 5. The summed E-state index contributed by atoms with van der Waals surface area (Å²) in [5, 5.41) is 4.02. The van der Waals surface area contributed by atoms with Crippen molar-refractivity contribution in [2.75, 3.05) is 20.2 Å². The van der Waals surface area contributed by atoms with Crippen LogP contribution in [0.4, 0.5) is 13.2 Å². The fourth-order valence-electron chi connectivity index (χ4n) is 2.06. The van der Waals surface area contributed by atoms with Gasteiger partial charge in [0.05, 0.1) is 23.9 Å². The molecule has 0 fully saturated rings. The number of aromatic nitrogens is 2. The molecule has 1 heterocycles. The van der Waals surface area contributed by atoms with E-state index >= 15 is 0 Å². The summed E-state index contributed by atoms with van der Waals surface area (Å²) in [6.45, 7) is 2.27. The van der Waals surface area contributed by atoms with Crippen molar-refractivity contribution >= 4 is 5.91 Å². The molecule has 0 N–H and O–H groups in total. The lowest BCUT2D eigenvalue weighted by Gasteiger charge is -2.17. The summed E-state index contributed by atoms with van der Waals surface area (Å²) in [4.78, 5) is 13.7. The van der Waals surface area contributed by atoms with E-state index in [1.807, 2.05) is 0 Å². The predicted octanol–water partition coefficient (Wildman–Crippen LogP) is 2.90. The topological polar surface area (TPSA) is 47.4 Å². The molecule has 130 valence electrons. The molecule has 0 bridgehead atoms. The lowest BCUT2D eigenvalue weighted by molar-refractivity contribution is -0.137. The number of hydrogen-bond acceptors (Lipinski definition) is 3. The maximum absolute atomic E-state index is 12.5. The molecule has 0 unspecified atom stereocenters. The first-order chi connectivity index (χ1) is 11.2. The monoisotopic (exact) mass is 341 g/mol. The molecule has 0 aliphatic rings. The van der Waals surface area contributed by atoms with Crippen molar-refractivity contribution in [3.8, 4) is 5.75 Å². The Bertz CT molecular complexity index is 708. The Hall–Kier alpha value is -2.51. The van der Waals surface area contributed by atoms with Gasteiger partial charge in [0.25, 0.3) is 5.91 Å². The van der Waals surface area contributed by atoms with Crippen molar-refractivity contribution in [3.63, 3.8) is 0 Å². The number of halogens is 3. The van der Waals surface area contributed by atoms with Crippen molar-refractivity contribution in [2.24, 2.45) is 7.05 Å². The average molecular weight is 341 g/mol. The Morgan fingerprint density at radius 1 is 1.29 bits per heavy atom. The normalized spacial score (nSPS) is 11.4. The number of carbonyl (C=O) groups excluding carboxylic acids is 1. The molecule has 2 rings (SSSR count). The Labute approximate surface area is 137 Å². The Kier molecular flexibility index (Phi) is 5.16. The highest BCUT2D eigenvalue weighted by Crippen LogP contribution is 2.30. The molecule has 1 amide bonds. The van der Waals surface area contributed by atoms with Gasteiger partial charge in [0.1, 0.15) is 12.4 Å². The molecule has 2 aromatic rings. The van der Waals surface area contributed by atoms with Crippen LogP contribution in [0.1, 0.15) is 21.6 Å². The van der Waals surface area contributed by atoms with Gasteiger partial charge in [-0.25, -0.2) is 0 Å². The van der Waals surface area contributed by atoms with Gasteiger partial charge < -0.3 is 9.64 Å². The standard InChI is InChI=1S/C16H18F3N3O2/c1-11-14(10-20-22(11)3)15(23)21(2)8-9-24-13-6-4-12(5-7-13)16(17,18)19/h4-7,10H,8-9H2,1-3H3. The summed E-state index contributed by atoms with van der Waals surface area (Å²) < 4.78 is 44.4. The second-order valence-corrected chi connectivity index (χ2v) is 5.36. The fraction of sp³-hybridized carbons (Fsp3) is 0.375. The van der Waals surface area contributed by atoms with Crippen molar-refractivity contribution in [1.29, 1.82) is 0 Å². The predicted molar refractivity (Wildman–Crippen MR) is 81.8 cm³/mol. The van der Waals surface area contributed by atoms with Gasteiger partial charge in [-0.05, 0) is 31.2 Å². The first kappa shape index (κ1) is 17.8. The third kappa shape index (κ3) is 4.06. The van der Waals surface area contributed by atoms with E-state index in [0.717, 1.165) is 17.8 Å². The van der Waals surface area contributed by atoms with Gasteiger partial charge in [-0.2, -0.15) is 18.3 Å². The van der Waals surface area contributed by atoms with E-state index in [0.29, 0.717) is 17.9 Å². The van der Waals surface area contributed by atoms with E-state index in [-0.39, 0.29) is 12.5 Å². The van der Waals surface area contributed by atoms with E-state index in [1.165, 1.54) is 23.2 Å². The third-order valence-electron chi connectivity index (χ3n) is 3.69.